The first-order valence-corrected chi connectivity index (χ1v) is 4.94. The molecule has 2 rings (SSSR count). The Kier molecular flexibility index (Phi) is 2.76. The molecule has 0 saturated carbocycles. The lowest BCUT2D eigenvalue weighted by molar-refractivity contribution is -0.394. The molecule has 0 radical (unpaired) electrons. The van der Waals surface area contributed by atoms with Crippen molar-refractivity contribution < 1.29 is 9.85 Å². The van der Waals surface area contributed by atoms with Crippen LogP contribution >= 0.6 is 0 Å². The van der Waals surface area contributed by atoms with Gasteiger partial charge in [-0.2, -0.15) is 5.10 Å². The summed E-state index contributed by atoms with van der Waals surface area (Å²) in [6.07, 6.45) is 1.50. The van der Waals surface area contributed by atoms with Gasteiger partial charge in [-0.15, -0.1) is 0 Å². The number of nitro groups is 2. The first kappa shape index (κ1) is 11.7. The van der Waals surface area contributed by atoms with E-state index in [0.717, 1.165) is 6.07 Å². The topological polar surface area (TPSA) is 104 Å². The van der Waals surface area contributed by atoms with Gasteiger partial charge in [0.05, 0.1) is 15.9 Å². The first-order valence-electron chi connectivity index (χ1n) is 4.94. The van der Waals surface area contributed by atoms with Crippen LogP contribution in [-0.2, 0) is 0 Å². The molecule has 0 fully saturated rings. The third-order valence-corrected chi connectivity index (χ3v) is 2.43. The van der Waals surface area contributed by atoms with Crippen molar-refractivity contribution in [1.82, 2.24) is 9.78 Å². The Labute approximate surface area is 101 Å². The summed E-state index contributed by atoms with van der Waals surface area (Å²) in [5.74, 6) is 0. The van der Waals surface area contributed by atoms with Gasteiger partial charge in [0.1, 0.15) is 5.69 Å². The number of aromatic nitrogens is 2. The zero-order valence-electron chi connectivity index (χ0n) is 9.31. The average Bonchev–Trinajstić information content (AvgIpc) is 2.74. The standard InChI is InChI=1S/C10H8N4O4/c1-7-4-5-11-12(7)9-3-2-8(13(15)16)6-10(9)14(17)18/h2-6H,1H3. The van der Waals surface area contributed by atoms with Gasteiger partial charge >= 0.3 is 5.69 Å². The predicted octanol–water partition coefficient (Wildman–Crippen LogP) is 2.00. The van der Waals surface area contributed by atoms with Crippen LogP contribution in [0.1, 0.15) is 5.69 Å². The quantitative estimate of drug-likeness (QED) is 0.610. The Morgan fingerprint density at radius 2 is 1.89 bits per heavy atom. The molecule has 0 bridgehead atoms. The number of benzene rings is 1. The van der Waals surface area contributed by atoms with Gasteiger partial charge in [0, 0.05) is 18.0 Å². The van der Waals surface area contributed by atoms with E-state index in [2.05, 4.69) is 5.10 Å². The van der Waals surface area contributed by atoms with E-state index < -0.39 is 9.85 Å². The Bertz CT molecular complexity index is 635. The second-order valence-electron chi connectivity index (χ2n) is 3.57. The fourth-order valence-corrected chi connectivity index (χ4v) is 1.57. The van der Waals surface area contributed by atoms with Crippen molar-refractivity contribution in [2.75, 3.05) is 0 Å². The Balaban J connectivity index is 2.65. The highest BCUT2D eigenvalue weighted by Crippen LogP contribution is 2.27. The van der Waals surface area contributed by atoms with Crippen molar-refractivity contribution >= 4 is 11.4 Å². The Hall–Kier alpha value is -2.77. The summed E-state index contributed by atoms with van der Waals surface area (Å²) in [4.78, 5) is 20.2. The van der Waals surface area contributed by atoms with E-state index in [4.69, 9.17) is 0 Å². The van der Waals surface area contributed by atoms with E-state index in [0.29, 0.717) is 5.69 Å². The van der Waals surface area contributed by atoms with Crippen LogP contribution in [0.4, 0.5) is 11.4 Å². The molecular weight excluding hydrogens is 240 g/mol. The van der Waals surface area contributed by atoms with Crippen molar-refractivity contribution in [2.45, 2.75) is 6.92 Å². The van der Waals surface area contributed by atoms with Gasteiger partial charge in [-0.1, -0.05) is 0 Å². The van der Waals surface area contributed by atoms with Crippen molar-refractivity contribution in [1.29, 1.82) is 0 Å². The Morgan fingerprint density at radius 1 is 1.17 bits per heavy atom. The van der Waals surface area contributed by atoms with Crippen LogP contribution in [0.2, 0.25) is 0 Å². The third-order valence-electron chi connectivity index (χ3n) is 2.43. The molecule has 0 aliphatic heterocycles. The van der Waals surface area contributed by atoms with Crippen molar-refractivity contribution in [3.8, 4) is 5.69 Å². The van der Waals surface area contributed by atoms with E-state index in [9.17, 15) is 20.2 Å². The van der Waals surface area contributed by atoms with Crippen LogP contribution in [0.25, 0.3) is 5.69 Å². The highest BCUT2D eigenvalue weighted by atomic mass is 16.6. The van der Waals surface area contributed by atoms with Crippen molar-refractivity contribution in [3.05, 3.63) is 56.4 Å². The molecule has 18 heavy (non-hydrogen) atoms. The van der Waals surface area contributed by atoms with Gasteiger partial charge in [0.15, 0.2) is 0 Å². The number of hydrogen-bond acceptors (Lipinski definition) is 5. The van der Waals surface area contributed by atoms with Crippen molar-refractivity contribution in [2.24, 2.45) is 0 Å². The van der Waals surface area contributed by atoms with Gasteiger partial charge in [-0.25, -0.2) is 4.68 Å². The number of rotatable bonds is 3. The molecular formula is C10H8N4O4. The lowest BCUT2D eigenvalue weighted by Crippen LogP contribution is -2.04. The summed E-state index contributed by atoms with van der Waals surface area (Å²) in [6.45, 7) is 1.73. The van der Waals surface area contributed by atoms with Gasteiger partial charge in [0.2, 0.25) is 0 Å². The molecule has 0 amide bonds. The number of aryl methyl sites for hydroxylation is 1. The zero-order chi connectivity index (χ0) is 13.3. The van der Waals surface area contributed by atoms with Crippen LogP contribution in [0, 0.1) is 27.2 Å². The molecule has 0 spiro atoms. The molecule has 0 atom stereocenters. The molecule has 0 aliphatic rings. The van der Waals surface area contributed by atoms with E-state index in [1.807, 2.05) is 0 Å². The maximum absolute atomic E-state index is 10.9. The average molecular weight is 248 g/mol. The minimum Gasteiger partial charge on any atom is -0.258 e. The minimum atomic E-state index is -0.674. The predicted molar refractivity (Wildman–Crippen MR) is 61.6 cm³/mol. The normalized spacial score (nSPS) is 10.3. The molecule has 0 N–H and O–H groups in total. The smallest absolute Gasteiger partial charge is 0.258 e. The highest BCUT2D eigenvalue weighted by Gasteiger charge is 2.21. The van der Waals surface area contributed by atoms with Gasteiger partial charge in [-0.3, -0.25) is 20.2 Å². The first-order chi connectivity index (χ1) is 8.50. The summed E-state index contributed by atoms with van der Waals surface area (Å²) < 4.78 is 1.36. The molecule has 0 aliphatic carbocycles. The summed E-state index contributed by atoms with van der Waals surface area (Å²) in [7, 11) is 0. The Morgan fingerprint density at radius 3 is 2.39 bits per heavy atom. The molecule has 2 aromatic rings. The molecule has 0 saturated heterocycles. The number of hydrogen-bond donors (Lipinski definition) is 0. The summed E-state index contributed by atoms with van der Waals surface area (Å²) in [6, 6.07) is 5.14. The molecule has 8 nitrogen and oxygen atoms in total. The molecule has 1 aromatic heterocycles. The monoisotopic (exact) mass is 248 g/mol. The van der Waals surface area contributed by atoms with Crippen LogP contribution in [-0.4, -0.2) is 19.6 Å². The van der Waals surface area contributed by atoms with Crippen LogP contribution in [0.5, 0.6) is 0 Å². The molecule has 1 heterocycles. The van der Waals surface area contributed by atoms with Crippen LogP contribution in [0.15, 0.2) is 30.5 Å². The maximum atomic E-state index is 10.9. The van der Waals surface area contributed by atoms with Crippen LogP contribution < -0.4 is 0 Å². The zero-order valence-corrected chi connectivity index (χ0v) is 9.31. The largest absolute Gasteiger partial charge is 0.301 e. The van der Waals surface area contributed by atoms with Gasteiger partial charge < -0.3 is 0 Å². The number of nitro benzene ring substituents is 2. The van der Waals surface area contributed by atoms with E-state index >= 15 is 0 Å². The second-order valence-corrected chi connectivity index (χ2v) is 3.57. The minimum absolute atomic E-state index is 0.202. The van der Waals surface area contributed by atoms with E-state index in [-0.39, 0.29) is 17.1 Å². The fourth-order valence-electron chi connectivity index (χ4n) is 1.57. The molecule has 92 valence electrons. The lowest BCUT2D eigenvalue weighted by Gasteiger charge is -2.04. The fraction of sp³-hybridized carbons (Fsp3) is 0.100. The van der Waals surface area contributed by atoms with E-state index in [1.165, 1.54) is 23.0 Å². The summed E-state index contributed by atoms with van der Waals surface area (Å²) >= 11 is 0. The SMILES string of the molecule is Cc1ccnn1-c1ccc([N+](=O)[O-])cc1[N+](=O)[O-]. The van der Waals surface area contributed by atoms with Crippen molar-refractivity contribution in [3.63, 3.8) is 0 Å². The number of nitrogens with zero attached hydrogens (tertiary/aromatic N) is 4. The second kappa shape index (κ2) is 4.24. The molecule has 1 aromatic carbocycles. The number of non-ortho nitro benzene ring substituents is 1. The third kappa shape index (κ3) is 1.90. The highest BCUT2D eigenvalue weighted by molar-refractivity contribution is 5.58. The van der Waals surface area contributed by atoms with Gasteiger partial charge in [-0.05, 0) is 19.1 Å². The van der Waals surface area contributed by atoms with Gasteiger partial charge in [0.25, 0.3) is 5.69 Å². The van der Waals surface area contributed by atoms with E-state index in [1.54, 1.807) is 13.0 Å². The molecule has 8 heteroatoms. The van der Waals surface area contributed by atoms with Crippen LogP contribution in [0.3, 0.4) is 0 Å². The summed E-state index contributed by atoms with van der Waals surface area (Å²) in [5.41, 5.74) is 0.228. The maximum Gasteiger partial charge on any atom is 0.301 e. The lowest BCUT2D eigenvalue weighted by atomic mass is 10.2. The summed E-state index contributed by atoms with van der Waals surface area (Å²) in [5, 5.41) is 25.5. The molecule has 0 unspecified atom stereocenters.